The van der Waals surface area contributed by atoms with Crippen LogP contribution in [0.1, 0.15) is 30.0 Å². The molecule has 0 aliphatic heterocycles. The number of hydrogen-bond donors (Lipinski definition) is 2. The van der Waals surface area contributed by atoms with E-state index in [4.69, 9.17) is 4.74 Å². The molecule has 0 bridgehead atoms. The van der Waals surface area contributed by atoms with E-state index in [1.165, 1.54) is 0 Å². The lowest BCUT2D eigenvalue weighted by molar-refractivity contribution is 0.0981. The molecule has 120 valence electrons. The molecule has 2 aromatic rings. The van der Waals surface area contributed by atoms with Crippen molar-refractivity contribution in [3.8, 4) is 5.75 Å². The van der Waals surface area contributed by atoms with Gasteiger partial charge in [-0.25, -0.2) is 4.98 Å². The predicted octanol–water partition coefficient (Wildman–Crippen LogP) is 3.02. The molecule has 2 N–H and O–H groups in total. The number of aromatic nitrogens is 1. The normalized spacial score (nSPS) is 13.1. The van der Waals surface area contributed by atoms with Crippen LogP contribution in [0.25, 0.3) is 0 Å². The lowest BCUT2D eigenvalue weighted by atomic mass is 10.1. The molecule has 0 spiro atoms. The Kier molecular flexibility index (Phi) is 5.56. The zero-order valence-corrected chi connectivity index (χ0v) is 14.4. The van der Waals surface area contributed by atoms with Crippen LogP contribution in [0.5, 0.6) is 5.75 Å². The van der Waals surface area contributed by atoms with Crippen LogP contribution in [-0.2, 0) is 5.54 Å². The maximum absolute atomic E-state index is 10.1. The minimum Gasteiger partial charge on any atom is -0.490 e. The molecule has 1 aromatic heterocycles. The molecule has 0 saturated heterocycles. The minimum atomic E-state index is -0.571. The number of rotatable bonds is 7. The van der Waals surface area contributed by atoms with Gasteiger partial charge in [-0.1, -0.05) is 18.2 Å². The van der Waals surface area contributed by atoms with Gasteiger partial charge in [0.25, 0.3) is 0 Å². The van der Waals surface area contributed by atoms with Gasteiger partial charge in [-0.15, -0.1) is 11.3 Å². The van der Waals surface area contributed by atoms with Crippen LogP contribution in [-0.4, -0.2) is 29.3 Å². The smallest absolute Gasteiger partial charge is 0.125 e. The molecule has 1 heterocycles. The molecule has 22 heavy (non-hydrogen) atoms. The van der Waals surface area contributed by atoms with Crippen LogP contribution in [0.2, 0.25) is 0 Å². The second-order valence-electron chi connectivity index (χ2n) is 6.03. The summed E-state index contributed by atoms with van der Waals surface area (Å²) in [5, 5.41) is 16.5. The van der Waals surface area contributed by atoms with E-state index in [1.54, 1.807) is 17.5 Å². The summed E-state index contributed by atoms with van der Waals surface area (Å²) in [5.74, 6) is 0.862. The first kappa shape index (κ1) is 16.9. The number of aryl methyl sites for hydroxylation is 2. The number of aliphatic hydroxyl groups excluding tert-OH is 1. The zero-order valence-electron chi connectivity index (χ0n) is 13.6. The largest absolute Gasteiger partial charge is 0.490 e. The highest BCUT2D eigenvalue weighted by atomic mass is 32.1. The molecule has 0 fully saturated rings. The maximum Gasteiger partial charge on any atom is 0.125 e. The number of aliphatic hydroxyl groups is 1. The lowest BCUT2D eigenvalue weighted by Gasteiger charge is -2.25. The van der Waals surface area contributed by atoms with Crippen molar-refractivity contribution in [1.82, 2.24) is 10.3 Å². The number of benzene rings is 1. The Morgan fingerprint density at radius 1 is 1.32 bits per heavy atom. The summed E-state index contributed by atoms with van der Waals surface area (Å²) >= 11 is 1.61. The fraction of sp³-hybridized carbons (Fsp3) is 0.471. The van der Waals surface area contributed by atoms with Crippen LogP contribution < -0.4 is 10.1 Å². The number of para-hydroxylation sites is 1. The second kappa shape index (κ2) is 7.22. The number of nitrogens with zero attached hydrogens (tertiary/aromatic N) is 1. The molecule has 5 heteroatoms. The van der Waals surface area contributed by atoms with E-state index >= 15 is 0 Å². The van der Waals surface area contributed by atoms with Crippen molar-refractivity contribution in [3.05, 3.63) is 45.9 Å². The first-order valence-corrected chi connectivity index (χ1v) is 8.30. The first-order chi connectivity index (χ1) is 10.4. The second-order valence-corrected chi connectivity index (χ2v) is 6.92. The van der Waals surface area contributed by atoms with E-state index in [9.17, 15) is 5.11 Å². The number of nitrogens with one attached hydrogen (secondary N) is 1. The van der Waals surface area contributed by atoms with Gasteiger partial charge >= 0.3 is 0 Å². The van der Waals surface area contributed by atoms with E-state index < -0.39 is 6.10 Å². The van der Waals surface area contributed by atoms with Crippen molar-refractivity contribution in [2.75, 3.05) is 13.2 Å². The summed E-state index contributed by atoms with van der Waals surface area (Å²) in [7, 11) is 0. The van der Waals surface area contributed by atoms with Crippen LogP contribution in [0, 0.1) is 13.8 Å². The van der Waals surface area contributed by atoms with Gasteiger partial charge in [0.15, 0.2) is 0 Å². The highest BCUT2D eigenvalue weighted by molar-refractivity contribution is 7.09. The summed E-state index contributed by atoms with van der Waals surface area (Å²) in [6.07, 6.45) is 1.22. The van der Waals surface area contributed by atoms with Crippen LogP contribution in [0.4, 0.5) is 0 Å². The van der Waals surface area contributed by atoms with Crippen molar-refractivity contribution in [2.45, 2.75) is 39.3 Å². The average molecular weight is 320 g/mol. The van der Waals surface area contributed by atoms with Crippen LogP contribution in [0.15, 0.2) is 29.8 Å². The molecule has 4 nitrogen and oxygen atoms in total. The van der Waals surface area contributed by atoms with Crippen molar-refractivity contribution in [1.29, 1.82) is 0 Å². The Hall–Kier alpha value is -1.43. The summed E-state index contributed by atoms with van der Waals surface area (Å²) in [6.45, 7) is 8.87. The van der Waals surface area contributed by atoms with Gasteiger partial charge in [-0.05, 0) is 38.8 Å². The molecule has 0 amide bonds. The van der Waals surface area contributed by atoms with Crippen molar-refractivity contribution >= 4 is 11.3 Å². The number of hydrogen-bond acceptors (Lipinski definition) is 5. The third-order valence-corrected chi connectivity index (χ3v) is 4.67. The van der Waals surface area contributed by atoms with Gasteiger partial charge in [-0.2, -0.15) is 0 Å². The number of ether oxygens (including phenoxy) is 1. The predicted molar refractivity (Wildman–Crippen MR) is 90.6 cm³/mol. The molecule has 0 radical (unpaired) electrons. The average Bonchev–Trinajstić information content (AvgIpc) is 3.00. The lowest BCUT2D eigenvalue weighted by Crippen LogP contribution is -2.42. The monoisotopic (exact) mass is 320 g/mol. The maximum atomic E-state index is 10.1. The third kappa shape index (κ3) is 4.29. The van der Waals surface area contributed by atoms with Gasteiger partial charge in [0.1, 0.15) is 23.5 Å². The number of thiazole rings is 1. The molecular formula is C17H24N2O2S. The summed E-state index contributed by atoms with van der Waals surface area (Å²) < 4.78 is 5.78. The molecular weight excluding hydrogens is 296 g/mol. The summed E-state index contributed by atoms with van der Waals surface area (Å²) in [5.41, 5.74) is 1.92. The summed E-state index contributed by atoms with van der Waals surface area (Å²) in [4.78, 5) is 4.33. The highest BCUT2D eigenvalue weighted by Gasteiger charge is 2.23. The van der Waals surface area contributed by atoms with E-state index in [2.05, 4.69) is 24.1 Å². The van der Waals surface area contributed by atoms with Gasteiger partial charge < -0.3 is 15.2 Å². The molecule has 0 aliphatic rings. The van der Waals surface area contributed by atoms with Crippen molar-refractivity contribution in [2.24, 2.45) is 0 Å². The Bertz CT molecular complexity index is 576. The summed E-state index contributed by atoms with van der Waals surface area (Å²) in [6, 6.07) is 6.03. The van der Waals surface area contributed by atoms with Gasteiger partial charge in [-0.3, -0.25) is 0 Å². The molecule has 2 rings (SSSR count). The Labute approximate surface area is 136 Å². The van der Waals surface area contributed by atoms with E-state index in [0.717, 1.165) is 21.9 Å². The SMILES string of the molecule is Cc1cccc(C)c1OCC(O)CNC(C)(C)c1nccs1. The molecule has 1 unspecified atom stereocenters. The Morgan fingerprint density at radius 3 is 2.59 bits per heavy atom. The van der Waals surface area contributed by atoms with Gasteiger partial charge in [0.2, 0.25) is 0 Å². The molecule has 0 aliphatic carbocycles. The van der Waals surface area contributed by atoms with E-state index in [0.29, 0.717) is 6.54 Å². The zero-order chi connectivity index (χ0) is 16.2. The minimum absolute atomic E-state index is 0.256. The Balaban J connectivity index is 1.85. The molecule has 0 saturated carbocycles. The third-order valence-electron chi connectivity index (χ3n) is 3.58. The standard InChI is InChI=1S/C17H24N2O2S/c1-12-6-5-7-13(2)15(12)21-11-14(20)10-19-17(3,4)16-18-8-9-22-16/h5-9,14,19-20H,10-11H2,1-4H3. The van der Waals surface area contributed by atoms with Crippen LogP contribution in [0.3, 0.4) is 0 Å². The molecule has 1 atom stereocenters. The molecule has 1 aromatic carbocycles. The van der Waals surface area contributed by atoms with Gasteiger partial charge in [0.05, 0.1) is 5.54 Å². The van der Waals surface area contributed by atoms with Crippen molar-refractivity contribution in [3.63, 3.8) is 0 Å². The van der Waals surface area contributed by atoms with Gasteiger partial charge in [0, 0.05) is 18.1 Å². The Morgan fingerprint density at radius 2 is 2.00 bits per heavy atom. The highest BCUT2D eigenvalue weighted by Crippen LogP contribution is 2.23. The van der Waals surface area contributed by atoms with Crippen LogP contribution >= 0.6 is 11.3 Å². The topological polar surface area (TPSA) is 54.4 Å². The fourth-order valence-electron chi connectivity index (χ4n) is 2.25. The fourth-order valence-corrected chi connectivity index (χ4v) is 2.99. The first-order valence-electron chi connectivity index (χ1n) is 7.42. The van der Waals surface area contributed by atoms with E-state index in [1.807, 2.05) is 37.4 Å². The van der Waals surface area contributed by atoms with E-state index in [-0.39, 0.29) is 12.1 Å². The quantitative estimate of drug-likeness (QED) is 0.823. The van der Waals surface area contributed by atoms with Crippen molar-refractivity contribution < 1.29 is 9.84 Å².